The molecule has 0 aromatic heterocycles. The number of hydrogen-bond donors (Lipinski definition) is 1. The monoisotopic (exact) mass is 397 g/mol. The van der Waals surface area contributed by atoms with Gasteiger partial charge in [-0.25, -0.2) is 0 Å². The Balaban J connectivity index is 1.32. The SMILES string of the molecule is O=C(COC(=O)C1(c2cccc(Cl)c2)CCC1)NCC1(c2ccccc2)CC1. The van der Waals surface area contributed by atoms with E-state index < -0.39 is 5.41 Å². The summed E-state index contributed by atoms with van der Waals surface area (Å²) in [4.78, 5) is 25.0. The van der Waals surface area contributed by atoms with Crippen LogP contribution >= 0.6 is 11.6 Å². The fourth-order valence-corrected chi connectivity index (χ4v) is 4.22. The summed E-state index contributed by atoms with van der Waals surface area (Å²) in [5.74, 6) is -0.587. The van der Waals surface area contributed by atoms with Crippen molar-refractivity contribution in [1.29, 1.82) is 0 Å². The third kappa shape index (κ3) is 3.66. The van der Waals surface area contributed by atoms with Gasteiger partial charge in [0.15, 0.2) is 6.61 Å². The van der Waals surface area contributed by atoms with Gasteiger partial charge in [-0.3, -0.25) is 9.59 Å². The van der Waals surface area contributed by atoms with Crippen molar-refractivity contribution in [3.8, 4) is 0 Å². The lowest BCUT2D eigenvalue weighted by Gasteiger charge is -2.39. The van der Waals surface area contributed by atoms with E-state index in [-0.39, 0.29) is 23.9 Å². The van der Waals surface area contributed by atoms with Crippen molar-refractivity contribution >= 4 is 23.5 Å². The fraction of sp³-hybridized carbons (Fsp3) is 0.391. The number of carbonyl (C=O) groups is 2. The van der Waals surface area contributed by atoms with Crippen molar-refractivity contribution in [3.63, 3.8) is 0 Å². The van der Waals surface area contributed by atoms with Crippen molar-refractivity contribution in [1.82, 2.24) is 5.32 Å². The number of halogens is 1. The van der Waals surface area contributed by atoms with E-state index >= 15 is 0 Å². The second-order valence-electron chi connectivity index (χ2n) is 7.95. The molecule has 2 aromatic carbocycles. The van der Waals surface area contributed by atoms with Crippen LogP contribution in [-0.4, -0.2) is 25.0 Å². The summed E-state index contributed by atoms with van der Waals surface area (Å²) in [6.45, 7) is 0.332. The molecule has 2 fully saturated rings. The quantitative estimate of drug-likeness (QED) is 0.714. The minimum absolute atomic E-state index is 0.0386. The molecule has 0 saturated heterocycles. The van der Waals surface area contributed by atoms with Crippen molar-refractivity contribution in [2.24, 2.45) is 0 Å². The Morgan fingerprint density at radius 3 is 2.29 bits per heavy atom. The van der Waals surface area contributed by atoms with Crippen LogP contribution in [-0.2, 0) is 25.2 Å². The number of amides is 1. The van der Waals surface area contributed by atoms with Gasteiger partial charge in [0.2, 0.25) is 0 Å². The zero-order valence-corrected chi connectivity index (χ0v) is 16.5. The highest BCUT2D eigenvalue weighted by atomic mass is 35.5. The zero-order chi connectivity index (χ0) is 19.6. The largest absolute Gasteiger partial charge is 0.455 e. The molecule has 5 heteroatoms. The predicted octanol–water partition coefficient (Wildman–Crippen LogP) is 4.15. The molecule has 0 heterocycles. The smallest absolute Gasteiger partial charge is 0.317 e. The van der Waals surface area contributed by atoms with Gasteiger partial charge in [0, 0.05) is 17.0 Å². The van der Waals surface area contributed by atoms with Crippen LogP contribution in [0.3, 0.4) is 0 Å². The second kappa shape index (κ2) is 7.59. The van der Waals surface area contributed by atoms with Crippen molar-refractivity contribution in [3.05, 3.63) is 70.7 Å². The van der Waals surface area contributed by atoms with Crippen LogP contribution in [0.2, 0.25) is 5.02 Å². The summed E-state index contributed by atoms with van der Waals surface area (Å²) in [6.07, 6.45) is 4.55. The van der Waals surface area contributed by atoms with Crippen molar-refractivity contribution in [2.75, 3.05) is 13.2 Å². The minimum atomic E-state index is -0.660. The third-order valence-electron chi connectivity index (χ3n) is 6.17. The zero-order valence-electron chi connectivity index (χ0n) is 15.7. The van der Waals surface area contributed by atoms with Gasteiger partial charge in [0.1, 0.15) is 0 Å². The molecule has 2 saturated carbocycles. The van der Waals surface area contributed by atoms with E-state index in [4.69, 9.17) is 16.3 Å². The van der Waals surface area contributed by atoms with Crippen LogP contribution in [0.5, 0.6) is 0 Å². The Morgan fingerprint density at radius 1 is 0.964 bits per heavy atom. The lowest BCUT2D eigenvalue weighted by atomic mass is 9.64. The Bertz CT molecular complexity index is 872. The Hall–Kier alpha value is -2.33. The number of rotatable bonds is 7. The molecule has 0 radical (unpaired) electrons. The van der Waals surface area contributed by atoms with Gasteiger partial charge in [-0.2, -0.15) is 0 Å². The van der Waals surface area contributed by atoms with Crippen LogP contribution in [0, 0.1) is 0 Å². The van der Waals surface area contributed by atoms with Crippen LogP contribution in [0.1, 0.15) is 43.2 Å². The molecule has 2 aliphatic carbocycles. The number of esters is 1. The summed E-state index contributed by atoms with van der Waals surface area (Å²) >= 11 is 6.09. The minimum Gasteiger partial charge on any atom is -0.455 e. The summed E-state index contributed by atoms with van der Waals surface area (Å²) in [5, 5.41) is 3.54. The first-order valence-corrected chi connectivity index (χ1v) is 10.2. The molecule has 2 aromatic rings. The molecule has 2 aliphatic rings. The van der Waals surface area contributed by atoms with E-state index in [0.29, 0.717) is 11.6 Å². The summed E-state index contributed by atoms with van der Waals surface area (Å²) in [7, 11) is 0. The number of ether oxygens (including phenoxy) is 1. The molecular weight excluding hydrogens is 374 g/mol. The average molecular weight is 398 g/mol. The maximum Gasteiger partial charge on any atom is 0.317 e. The van der Waals surface area contributed by atoms with E-state index in [1.54, 1.807) is 6.07 Å². The van der Waals surface area contributed by atoms with E-state index in [0.717, 1.165) is 37.7 Å². The van der Waals surface area contributed by atoms with Gasteiger partial charge in [-0.15, -0.1) is 0 Å². The summed E-state index contributed by atoms with van der Waals surface area (Å²) < 4.78 is 5.40. The molecular formula is C23H24ClNO3. The van der Waals surface area contributed by atoms with E-state index in [1.165, 1.54) is 5.56 Å². The third-order valence-corrected chi connectivity index (χ3v) is 6.41. The van der Waals surface area contributed by atoms with Crippen LogP contribution in [0.15, 0.2) is 54.6 Å². The van der Waals surface area contributed by atoms with Gasteiger partial charge in [0.25, 0.3) is 5.91 Å². The molecule has 0 bridgehead atoms. The molecule has 1 N–H and O–H groups in total. The molecule has 4 rings (SSSR count). The maximum atomic E-state index is 12.8. The average Bonchev–Trinajstić information content (AvgIpc) is 3.46. The molecule has 0 unspecified atom stereocenters. The lowest BCUT2D eigenvalue weighted by molar-refractivity contribution is -0.157. The first-order chi connectivity index (χ1) is 13.5. The lowest BCUT2D eigenvalue weighted by Crippen LogP contribution is -2.45. The number of hydrogen-bond acceptors (Lipinski definition) is 3. The highest BCUT2D eigenvalue weighted by Gasteiger charge is 2.47. The van der Waals surface area contributed by atoms with E-state index in [1.807, 2.05) is 36.4 Å². The topological polar surface area (TPSA) is 55.4 Å². The van der Waals surface area contributed by atoms with Crippen LogP contribution in [0.4, 0.5) is 0 Å². The molecule has 4 nitrogen and oxygen atoms in total. The second-order valence-corrected chi connectivity index (χ2v) is 8.38. The number of benzene rings is 2. The highest BCUT2D eigenvalue weighted by Crippen LogP contribution is 2.47. The first kappa shape index (κ1) is 19.0. The van der Waals surface area contributed by atoms with Crippen LogP contribution < -0.4 is 5.32 Å². The number of nitrogens with one attached hydrogen (secondary N) is 1. The van der Waals surface area contributed by atoms with Gasteiger partial charge in [-0.05, 0) is 48.9 Å². The van der Waals surface area contributed by atoms with E-state index in [2.05, 4.69) is 17.4 Å². The maximum absolute atomic E-state index is 12.8. The predicted molar refractivity (Wildman–Crippen MR) is 108 cm³/mol. The van der Waals surface area contributed by atoms with Gasteiger partial charge in [0.05, 0.1) is 5.41 Å². The summed E-state index contributed by atoms with van der Waals surface area (Å²) in [5.41, 5.74) is 1.50. The van der Waals surface area contributed by atoms with Crippen molar-refractivity contribution in [2.45, 2.75) is 42.9 Å². The molecule has 146 valence electrons. The summed E-state index contributed by atoms with van der Waals surface area (Å²) in [6, 6.07) is 17.6. The van der Waals surface area contributed by atoms with Crippen molar-refractivity contribution < 1.29 is 14.3 Å². The fourth-order valence-electron chi connectivity index (χ4n) is 4.03. The van der Waals surface area contributed by atoms with Gasteiger partial charge >= 0.3 is 5.97 Å². The number of carbonyl (C=O) groups excluding carboxylic acids is 2. The highest BCUT2D eigenvalue weighted by molar-refractivity contribution is 6.30. The molecule has 0 spiro atoms. The molecule has 28 heavy (non-hydrogen) atoms. The molecule has 0 atom stereocenters. The van der Waals surface area contributed by atoms with Gasteiger partial charge < -0.3 is 10.1 Å². The Morgan fingerprint density at radius 2 is 1.68 bits per heavy atom. The first-order valence-electron chi connectivity index (χ1n) is 9.80. The van der Waals surface area contributed by atoms with Gasteiger partial charge in [-0.1, -0.05) is 60.5 Å². The standard InChI is InChI=1S/C23H24ClNO3/c24-19-9-4-8-18(14-19)23(10-5-11-23)21(27)28-15-20(26)25-16-22(12-13-22)17-6-2-1-3-7-17/h1-4,6-9,14H,5,10-13,15-16H2,(H,25,26). The normalized spacial score (nSPS) is 18.6. The Labute approximate surface area is 170 Å². The van der Waals surface area contributed by atoms with Crippen LogP contribution in [0.25, 0.3) is 0 Å². The molecule has 0 aliphatic heterocycles. The molecule has 1 amide bonds. The van der Waals surface area contributed by atoms with E-state index in [9.17, 15) is 9.59 Å². The Kier molecular flexibility index (Phi) is 5.15.